The van der Waals surface area contributed by atoms with Crippen molar-refractivity contribution in [2.45, 2.75) is 39.3 Å². The molecule has 0 radical (unpaired) electrons. The minimum absolute atomic E-state index is 0.0360. The van der Waals surface area contributed by atoms with Gasteiger partial charge in [-0.3, -0.25) is 0 Å². The van der Waals surface area contributed by atoms with E-state index in [0.717, 1.165) is 52.7 Å². The maximum atomic E-state index is 13.3. The summed E-state index contributed by atoms with van der Waals surface area (Å²) >= 11 is 0. The molecule has 3 heterocycles. The summed E-state index contributed by atoms with van der Waals surface area (Å²) < 4.78 is 7.58. The van der Waals surface area contributed by atoms with E-state index in [-0.39, 0.29) is 12.1 Å². The quantitative estimate of drug-likeness (QED) is 0.515. The first-order valence-electron chi connectivity index (χ1n) is 10.9. The molecular weight excluding hydrogens is 404 g/mol. The summed E-state index contributed by atoms with van der Waals surface area (Å²) in [4.78, 5) is 15.1. The van der Waals surface area contributed by atoms with Crippen LogP contribution in [-0.2, 0) is 11.3 Å². The first-order chi connectivity index (χ1) is 15.6. The van der Waals surface area contributed by atoms with Gasteiger partial charge in [-0.2, -0.15) is 4.52 Å². The van der Waals surface area contributed by atoms with Crippen LogP contribution in [0.1, 0.15) is 29.5 Å². The molecule has 5 rings (SSSR count). The van der Waals surface area contributed by atoms with Gasteiger partial charge in [-0.1, -0.05) is 29.8 Å². The number of aromatic nitrogens is 4. The highest BCUT2D eigenvalue weighted by Gasteiger charge is 2.24. The van der Waals surface area contributed by atoms with Crippen molar-refractivity contribution < 1.29 is 9.53 Å². The summed E-state index contributed by atoms with van der Waals surface area (Å²) in [6, 6.07) is 15.9. The average molecular weight is 431 g/mol. The van der Waals surface area contributed by atoms with E-state index in [2.05, 4.69) is 45.1 Å². The molecule has 2 amide bonds. The van der Waals surface area contributed by atoms with Gasteiger partial charge in [0.1, 0.15) is 0 Å². The van der Waals surface area contributed by atoms with Crippen LogP contribution in [0, 0.1) is 13.8 Å². The number of hydrogen-bond acceptors (Lipinski definition) is 5. The standard InChI is InChI=1S/C24H26N6O2/c1-16-6-9-20(10-7-16)25-24(31)29(15-21-4-3-11-32-21)14-19-13-18-8-5-17(2)12-22(18)30-23(19)26-27-28-30/h5-10,12-13,21H,3-4,11,14-15H2,1-2H3,(H,25,31). The number of nitrogens with zero attached hydrogens (tertiary/aromatic N) is 5. The molecule has 1 N–H and O–H groups in total. The molecule has 1 aliphatic rings. The Kier molecular flexibility index (Phi) is 5.45. The Morgan fingerprint density at radius 2 is 1.97 bits per heavy atom. The summed E-state index contributed by atoms with van der Waals surface area (Å²) in [5.41, 5.74) is 5.54. The molecule has 2 aromatic heterocycles. The number of anilines is 1. The Morgan fingerprint density at radius 1 is 1.16 bits per heavy atom. The molecule has 4 aromatic rings. The summed E-state index contributed by atoms with van der Waals surface area (Å²) in [6.07, 6.45) is 2.01. The SMILES string of the molecule is Cc1ccc(NC(=O)N(Cc2cc3ccc(C)cc3n3nnnc23)CC2CCCO2)cc1. The second-order valence-electron chi connectivity index (χ2n) is 8.46. The Morgan fingerprint density at radius 3 is 2.75 bits per heavy atom. The Balaban J connectivity index is 1.47. The summed E-state index contributed by atoms with van der Waals surface area (Å²) in [5.74, 6) is 0. The van der Waals surface area contributed by atoms with Gasteiger partial charge in [0.2, 0.25) is 0 Å². The fourth-order valence-corrected chi connectivity index (χ4v) is 4.18. The molecule has 1 aliphatic heterocycles. The van der Waals surface area contributed by atoms with Crippen molar-refractivity contribution in [3.8, 4) is 0 Å². The zero-order chi connectivity index (χ0) is 22.1. The van der Waals surface area contributed by atoms with Gasteiger partial charge in [-0.05, 0) is 66.9 Å². The number of benzene rings is 2. The predicted octanol–water partition coefficient (Wildman–Crippen LogP) is 4.11. The molecule has 8 heteroatoms. The van der Waals surface area contributed by atoms with Crippen LogP contribution in [-0.4, -0.2) is 50.2 Å². The minimum Gasteiger partial charge on any atom is -0.376 e. The third kappa shape index (κ3) is 4.13. The molecule has 1 unspecified atom stereocenters. The molecular formula is C24H26N6O2. The van der Waals surface area contributed by atoms with Crippen LogP contribution in [0.5, 0.6) is 0 Å². The van der Waals surface area contributed by atoms with Crippen molar-refractivity contribution in [3.05, 3.63) is 65.2 Å². The van der Waals surface area contributed by atoms with E-state index in [4.69, 9.17) is 4.74 Å². The van der Waals surface area contributed by atoms with E-state index in [0.29, 0.717) is 18.7 Å². The molecule has 0 aliphatic carbocycles. The molecule has 0 spiro atoms. The van der Waals surface area contributed by atoms with Crippen LogP contribution in [0.15, 0.2) is 48.5 Å². The van der Waals surface area contributed by atoms with Crippen LogP contribution in [0.4, 0.5) is 10.5 Å². The molecule has 0 bridgehead atoms. The largest absolute Gasteiger partial charge is 0.376 e. The number of carbonyl (C=O) groups excluding carboxylic acids is 1. The van der Waals surface area contributed by atoms with Crippen molar-refractivity contribution >= 4 is 28.3 Å². The molecule has 1 saturated heterocycles. The van der Waals surface area contributed by atoms with Gasteiger partial charge in [0.15, 0.2) is 5.65 Å². The number of rotatable bonds is 5. The zero-order valence-electron chi connectivity index (χ0n) is 18.3. The first kappa shape index (κ1) is 20.4. The summed E-state index contributed by atoms with van der Waals surface area (Å²) in [7, 11) is 0. The fraction of sp³-hybridized carbons (Fsp3) is 0.333. The van der Waals surface area contributed by atoms with Gasteiger partial charge in [0.25, 0.3) is 0 Å². The fourth-order valence-electron chi connectivity index (χ4n) is 4.18. The van der Waals surface area contributed by atoms with Crippen molar-refractivity contribution in [2.75, 3.05) is 18.5 Å². The van der Waals surface area contributed by atoms with E-state index >= 15 is 0 Å². The molecule has 164 valence electrons. The highest BCUT2D eigenvalue weighted by molar-refractivity contribution is 5.90. The van der Waals surface area contributed by atoms with E-state index in [1.807, 2.05) is 38.1 Å². The first-order valence-corrected chi connectivity index (χ1v) is 10.9. The topological polar surface area (TPSA) is 84.7 Å². The van der Waals surface area contributed by atoms with Crippen molar-refractivity contribution in [2.24, 2.45) is 0 Å². The van der Waals surface area contributed by atoms with E-state index in [9.17, 15) is 4.79 Å². The van der Waals surface area contributed by atoms with Crippen LogP contribution >= 0.6 is 0 Å². The number of hydrogen-bond donors (Lipinski definition) is 1. The third-order valence-corrected chi connectivity index (χ3v) is 5.90. The van der Waals surface area contributed by atoms with Gasteiger partial charge in [0.05, 0.1) is 18.2 Å². The molecule has 1 fully saturated rings. The van der Waals surface area contributed by atoms with Gasteiger partial charge < -0.3 is 15.0 Å². The number of tetrazole rings is 1. The van der Waals surface area contributed by atoms with Gasteiger partial charge >= 0.3 is 6.03 Å². The normalized spacial score (nSPS) is 16.0. The van der Waals surface area contributed by atoms with Crippen molar-refractivity contribution in [1.29, 1.82) is 0 Å². The maximum absolute atomic E-state index is 13.3. The van der Waals surface area contributed by atoms with Crippen LogP contribution in [0.3, 0.4) is 0 Å². The number of nitrogens with one attached hydrogen (secondary N) is 1. The number of carbonyl (C=O) groups is 1. The maximum Gasteiger partial charge on any atom is 0.322 e. The van der Waals surface area contributed by atoms with Gasteiger partial charge in [-0.15, -0.1) is 5.10 Å². The molecule has 8 nitrogen and oxygen atoms in total. The highest BCUT2D eigenvalue weighted by Crippen LogP contribution is 2.23. The number of pyridine rings is 1. The molecule has 1 atom stereocenters. The number of aryl methyl sites for hydroxylation is 2. The molecule has 32 heavy (non-hydrogen) atoms. The lowest BCUT2D eigenvalue weighted by molar-refractivity contribution is 0.0820. The zero-order valence-corrected chi connectivity index (χ0v) is 18.3. The Bertz CT molecular complexity index is 1260. The van der Waals surface area contributed by atoms with Gasteiger partial charge in [-0.25, -0.2) is 4.79 Å². The lowest BCUT2D eigenvalue weighted by atomic mass is 10.1. The lowest BCUT2D eigenvalue weighted by Gasteiger charge is -2.26. The van der Waals surface area contributed by atoms with Crippen molar-refractivity contribution in [3.63, 3.8) is 0 Å². The lowest BCUT2D eigenvalue weighted by Crippen LogP contribution is -2.39. The molecule has 2 aromatic carbocycles. The second kappa shape index (κ2) is 8.55. The number of ether oxygens (including phenoxy) is 1. The smallest absolute Gasteiger partial charge is 0.322 e. The average Bonchev–Trinajstić information content (AvgIpc) is 3.47. The van der Waals surface area contributed by atoms with Crippen molar-refractivity contribution in [1.82, 2.24) is 24.9 Å². The van der Waals surface area contributed by atoms with Gasteiger partial charge in [0, 0.05) is 29.8 Å². The number of urea groups is 1. The van der Waals surface area contributed by atoms with Crippen LogP contribution in [0.2, 0.25) is 0 Å². The summed E-state index contributed by atoms with van der Waals surface area (Å²) in [6.45, 7) is 5.70. The molecule has 0 saturated carbocycles. The van der Waals surface area contributed by atoms with E-state index in [1.165, 1.54) is 0 Å². The summed E-state index contributed by atoms with van der Waals surface area (Å²) in [5, 5.41) is 16.4. The Hall–Kier alpha value is -3.52. The predicted molar refractivity (Wildman–Crippen MR) is 123 cm³/mol. The van der Waals surface area contributed by atoms with Crippen LogP contribution < -0.4 is 5.32 Å². The highest BCUT2D eigenvalue weighted by atomic mass is 16.5. The number of fused-ring (bicyclic) bond motifs is 3. The van der Waals surface area contributed by atoms with E-state index in [1.54, 1.807) is 9.42 Å². The second-order valence-corrected chi connectivity index (χ2v) is 8.46. The van der Waals surface area contributed by atoms with E-state index < -0.39 is 0 Å². The third-order valence-electron chi connectivity index (χ3n) is 5.90. The monoisotopic (exact) mass is 430 g/mol. The van der Waals surface area contributed by atoms with Crippen LogP contribution in [0.25, 0.3) is 16.6 Å². The number of amides is 2. The minimum atomic E-state index is -0.168. The Labute approximate surface area is 186 Å².